The number of nitrogens with zero attached hydrogens (tertiary/aromatic N) is 3. The van der Waals surface area contributed by atoms with Crippen LogP contribution in [0.3, 0.4) is 0 Å². The predicted octanol–water partition coefficient (Wildman–Crippen LogP) is 4.37. The number of ether oxygens (including phenoxy) is 1. The van der Waals surface area contributed by atoms with Crippen LogP contribution in [0.2, 0.25) is 0 Å². The highest BCUT2D eigenvalue weighted by Crippen LogP contribution is 2.33. The van der Waals surface area contributed by atoms with Crippen molar-refractivity contribution in [3.05, 3.63) is 41.7 Å². The van der Waals surface area contributed by atoms with Crippen molar-refractivity contribution in [2.75, 3.05) is 29.5 Å². The van der Waals surface area contributed by atoms with Crippen molar-refractivity contribution in [2.45, 2.75) is 65.5 Å². The van der Waals surface area contributed by atoms with Gasteiger partial charge in [0.1, 0.15) is 17.2 Å². The highest BCUT2D eigenvalue weighted by Gasteiger charge is 2.34. The Labute approximate surface area is 212 Å². The highest BCUT2D eigenvalue weighted by molar-refractivity contribution is 6.39. The van der Waals surface area contributed by atoms with Crippen molar-refractivity contribution in [2.24, 2.45) is 5.92 Å². The fourth-order valence-electron chi connectivity index (χ4n) is 4.15. The number of hydrogen-bond acceptors (Lipinski definition) is 7. The van der Waals surface area contributed by atoms with Crippen molar-refractivity contribution in [1.29, 1.82) is 0 Å². The molecule has 3 amide bonds. The zero-order valence-corrected chi connectivity index (χ0v) is 21.8. The minimum absolute atomic E-state index is 0.220. The predicted molar refractivity (Wildman–Crippen MR) is 139 cm³/mol. The Kier molecular flexibility index (Phi) is 8.49. The summed E-state index contributed by atoms with van der Waals surface area (Å²) in [5.74, 6) is 0.0406. The fourth-order valence-corrected chi connectivity index (χ4v) is 4.15. The van der Waals surface area contributed by atoms with Crippen molar-refractivity contribution in [1.82, 2.24) is 14.9 Å². The first-order valence-electron chi connectivity index (χ1n) is 12.2. The molecule has 1 aliphatic heterocycles. The molecule has 0 unspecified atom stereocenters. The topological polar surface area (TPSA) is 126 Å². The smallest absolute Gasteiger partial charge is 0.413 e. The lowest BCUT2D eigenvalue weighted by Crippen LogP contribution is -2.46. The summed E-state index contributed by atoms with van der Waals surface area (Å²) >= 11 is 0. The highest BCUT2D eigenvalue weighted by atomic mass is 16.6. The number of pyridine rings is 2. The molecule has 1 aliphatic rings. The van der Waals surface area contributed by atoms with Gasteiger partial charge >= 0.3 is 17.9 Å². The van der Waals surface area contributed by atoms with Crippen LogP contribution in [0.25, 0.3) is 0 Å². The number of rotatable bonds is 5. The van der Waals surface area contributed by atoms with E-state index >= 15 is 0 Å². The van der Waals surface area contributed by atoms with E-state index in [2.05, 4.69) is 32.8 Å². The van der Waals surface area contributed by atoms with Gasteiger partial charge in [-0.05, 0) is 69.2 Å². The average molecular weight is 497 g/mol. The molecule has 0 radical (unpaired) electrons. The van der Waals surface area contributed by atoms with Crippen LogP contribution in [-0.2, 0) is 20.7 Å². The third-order valence-electron chi connectivity index (χ3n) is 5.92. The van der Waals surface area contributed by atoms with Gasteiger partial charge in [0.2, 0.25) is 0 Å². The van der Waals surface area contributed by atoms with Gasteiger partial charge in [-0.2, -0.15) is 0 Å². The Morgan fingerprint density at radius 3 is 2.47 bits per heavy atom. The summed E-state index contributed by atoms with van der Waals surface area (Å²) in [7, 11) is 1.80. The van der Waals surface area contributed by atoms with Gasteiger partial charge in [-0.15, -0.1) is 0 Å². The van der Waals surface area contributed by atoms with Crippen molar-refractivity contribution >= 4 is 35.2 Å². The standard InChI is InChI=1S/C26H36N6O4/c1-7-17-12-19(14-29-22(17)31-25(35)36-26(3,4)5)30-23(33)24(34)32-15-16(2)8-10-20(32)18-9-11-21(27-6)28-13-18/h9,11-14,16,20H,7-8,10,15H2,1-6H3,(H,27,28)(H,30,33)(H,29,31,35)/t16-,20+/m0/s1. The zero-order valence-electron chi connectivity index (χ0n) is 21.8. The van der Waals surface area contributed by atoms with Crippen LogP contribution in [0, 0.1) is 5.92 Å². The molecule has 0 bridgehead atoms. The normalized spacial score (nSPS) is 17.8. The van der Waals surface area contributed by atoms with Gasteiger partial charge in [-0.3, -0.25) is 14.9 Å². The van der Waals surface area contributed by atoms with Gasteiger partial charge in [0, 0.05) is 19.8 Å². The van der Waals surface area contributed by atoms with Gasteiger partial charge in [0.15, 0.2) is 0 Å². The van der Waals surface area contributed by atoms with Crippen molar-refractivity contribution < 1.29 is 19.1 Å². The first-order valence-corrected chi connectivity index (χ1v) is 12.2. The maximum absolute atomic E-state index is 13.2. The number of amides is 3. The number of carbonyl (C=O) groups excluding carboxylic acids is 3. The number of hydrogen-bond donors (Lipinski definition) is 3. The van der Waals surface area contributed by atoms with E-state index in [1.807, 2.05) is 19.1 Å². The minimum atomic E-state index is -0.731. The summed E-state index contributed by atoms with van der Waals surface area (Å²) in [5.41, 5.74) is 1.34. The summed E-state index contributed by atoms with van der Waals surface area (Å²) in [6, 6.07) is 5.27. The van der Waals surface area contributed by atoms with Crippen LogP contribution >= 0.6 is 0 Å². The van der Waals surface area contributed by atoms with Crippen LogP contribution in [0.5, 0.6) is 0 Å². The second kappa shape index (κ2) is 11.4. The Morgan fingerprint density at radius 2 is 1.86 bits per heavy atom. The SMILES string of the molecule is CCc1cc(NC(=O)C(=O)N2C[C@@H](C)CC[C@@H]2c2ccc(NC)nc2)cnc1NC(=O)OC(C)(C)C. The van der Waals surface area contributed by atoms with Crippen molar-refractivity contribution in [3.8, 4) is 0 Å². The Bertz CT molecular complexity index is 1100. The van der Waals surface area contributed by atoms with Crippen LogP contribution in [-0.4, -0.2) is 52.0 Å². The molecule has 3 N–H and O–H groups in total. The Balaban J connectivity index is 1.73. The second-order valence-electron chi connectivity index (χ2n) is 10.0. The number of nitrogens with one attached hydrogen (secondary N) is 3. The third-order valence-corrected chi connectivity index (χ3v) is 5.92. The minimum Gasteiger partial charge on any atom is -0.444 e. The summed E-state index contributed by atoms with van der Waals surface area (Å²) in [4.78, 5) is 48.6. The van der Waals surface area contributed by atoms with Crippen LogP contribution in [0.4, 0.5) is 22.1 Å². The van der Waals surface area contributed by atoms with Gasteiger partial charge in [0.25, 0.3) is 0 Å². The molecule has 10 nitrogen and oxygen atoms in total. The molecule has 0 saturated carbocycles. The lowest BCUT2D eigenvalue weighted by molar-refractivity contribution is -0.146. The first kappa shape index (κ1) is 26.9. The number of aryl methyl sites for hydroxylation is 1. The quantitative estimate of drug-likeness (QED) is 0.525. The van der Waals surface area contributed by atoms with Crippen LogP contribution in [0.15, 0.2) is 30.6 Å². The number of carbonyl (C=O) groups is 3. The van der Waals surface area contributed by atoms with E-state index < -0.39 is 23.5 Å². The lowest BCUT2D eigenvalue weighted by Gasteiger charge is -2.38. The van der Waals surface area contributed by atoms with Gasteiger partial charge in [-0.1, -0.05) is 19.9 Å². The molecule has 0 aliphatic carbocycles. The van der Waals surface area contributed by atoms with E-state index in [4.69, 9.17) is 4.74 Å². The maximum Gasteiger partial charge on any atom is 0.413 e. The molecule has 3 rings (SSSR count). The molecule has 0 aromatic carbocycles. The molecule has 194 valence electrons. The number of aromatic nitrogens is 2. The summed E-state index contributed by atoms with van der Waals surface area (Å²) < 4.78 is 5.28. The molecule has 2 aromatic heterocycles. The summed E-state index contributed by atoms with van der Waals surface area (Å²) in [6.45, 7) is 9.79. The molecule has 2 aromatic rings. The third kappa shape index (κ3) is 6.93. The van der Waals surface area contributed by atoms with E-state index in [1.165, 1.54) is 6.20 Å². The molecular weight excluding hydrogens is 460 g/mol. The lowest BCUT2D eigenvalue weighted by atomic mass is 9.90. The molecule has 36 heavy (non-hydrogen) atoms. The zero-order chi connectivity index (χ0) is 26.5. The number of anilines is 3. The average Bonchev–Trinajstić information content (AvgIpc) is 2.83. The largest absolute Gasteiger partial charge is 0.444 e. The van der Waals surface area contributed by atoms with E-state index in [9.17, 15) is 14.4 Å². The summed E-state index contributed by atoms with van der Waals surface area (Å²) in [5, 5.41) is 8.30. The first-order chi connectivity index (χ1) is 17.0. The number of piperidine rings is 1. The Hall–Kier alpha value is -3.69. The molecule has 2 atom stereocenters. The van der Waals surface area contributed by atoms with Gasteiger partial charge in [-0.25, -0.2) is 14.8 Å². The van der Waals surface area contributed by atoms with Gasteiger partial charge < -0.3 is 20.3 Å². The Morgan fingerprint density at radius 1 is 1.11 bits per heavy atom. The fraction of sp³-hybridized carbons (Fsp3) is 0.500. The maximum atomic E-state index is 13.2. The molecular formula is C26H36N6O4. The van der Waals surface area contributed by atoms with Crippen molar-refractivity contribution in [3.63, 3.8) is 0 Å². The monoisotopic (exact) mass is 496 g/mol. The number of likely N-dealkylation sites (tertiary alicyclic amines) is 1. The second-order valence-corrected chi connectivity index (χ2v) is 10.0. The molecule has 1 fully saturated rings. The van der Waals surface area contributed by atoms with E-state index in [0.717, 1.165) is 24.2 Å². The summed E-state index contributed by atoms with van der Waals surface area (Å²) in [6.07, 6.45) is 4.82. The van der Waals surface area contributed by atoms with Crippen LogP contribution in [0.1, 0.15) is 64.6 Å². The molecule has 10 heteroatoms. The van der Waals surface area contributed by atoms with Crippen LogP contribution < -0.4 is 16.0 Å². The molecule has 0 spiro atoms. The van der Waals surface area contributed by atoms with Gasteiger partial charge in [0.05, 0.1) is 17.9 Å². The van der Waals surface area contributed by atoms with E-state index in [0.29, 0.717) is 30.0 Å². The molecule has 3 heterocycles. The van der Waals surface area contributed by atoms with E-state index in [-0.39, 0.29) is 12.0 Å². The molecule has 1 saturated heterocycles. The van der Waals surface area contributed by atoms with E-state index in [1.54, 1.807) is 45.0 Å².